The van der Waals surface area contributed by atoms with Crippen molar-refractivity contribution in [3.05, 3.63) is 23.8 Å². The van der Waals surface area contributed by atoms with E-state index < -0.39 is 0 Å². The Hall–Kier alpha value is -1.75. The van der Waals surface area contributed by atoms with Crippen LogP contribution in [-0.4, -0.2) is 32.7 Å². The molecule has 20 heavy (non-hydrogen) atoms. The molecule has 0 bridgehead atoms. The van der Waals surface area contributed by atoms with Crippen molar-refractivity contribution in [1.29, 1.82) is 0 Å². The average molecular weight is 280 g/mol. The zero-order chi connectivity index (χ0) is 15.0. The van der Waals surface area contributed by atoms with Crippen LogP contribution < -0.4 is 20.5 Å². The van der Waals surface area contributed by atoms with Gasteiger partial charge < -0.3 is 20.5 Å². The Morgan fingerprint density at radius 1 is 1.35 bits per heavy atom. The van der Waals surface area contributed by atoms with Gasteiger partial charge in [0.25, 0.3) is 5.91 Å². The SMILES string of the molecule is COc1ccc(CCN)cc1OCC(=O)NCC(C)C. The fraction of sp³-hybridized carbons (Fsp3) is 0.533. The first-order chi connectivity index (χ1) is 9.56. The maximum Gasteiger partial charge on any atom is 0.257 e. The Bertz CT molecular complexity index is 433. The molecule has 1 aromatic carbocycles. The molecule has 0 saturated carbocycles. The third-order valence-electron chi connectivity index (χ3n) is 2.73. The summed E-state index contributed by atoms with van der Waals surface area (Å²) in [7, 11) is 1.57. The number of methoxy groups -OCH3 is 1. The number of amides is 1. The van der Waals surface area contributed by atoms with Gasteiger partial charge in [-0.15, -0.1) is 0 Å². The lowest BCUT2D eigenvalue weighted by molar-refractivity contribution is -0.123. The van der Waals surface area contributed by atoms with Gasteiger partial charge in [0.15, 0.2) is 18.1 Å². The van der Waals surface area contributed by atoms with Crippen LogP contribution >= 0.6 is 0 Å². The lowest BCUT2D eigenvalue weighted by Crippen LogP contribution is -2.31. The molecule has 0 aliphatic carbocycles. The molecule has 0 unspecified atom stereocenters. The third kappa shape index (κ3) is 5.48. The van der Waals surface area contributed by atoms with E-state index in [0.717, 1.165) is 12.0 Å². The highest BCUT2D eigenvalue weighted by atomic mass is 16.5. The van der Waals surface area contributed by atoms with Gasteiger partial charge in [-0.05, 0) is 36.6 Å². The average Bonchev–Trinajstić information content (AvgIpc) is 2.43. The standard InChI is InChI=1S/C15H24N2O3/c1-11(2)9-17-15(18)10-20-14-8-12(6-7-16)4-5-13(14)19-3/h4-5,8,11H,6-7,9-10,16H2,1-3H3,(H,17,18). The minimum atomic E-state index is -0.134. The number of benzene rings is 1. The number of carbonyl (C=O) groups excluding carboxylic acids is 1. The van der Waals surface area contributed by atoms with Crippen molar-refractivity contribution >= 4 is 5.91 Å². The second kappa shape index (κ2) is 8.43. The van der Waals surface area contributed by atoms with Crippen LogP contribution in [0, 0.1) is 5.92 Å². The second-order valence-corrected chi connectivity index (χ2v) is 5.01. The van der Waals surface area contributed by atoms with Crippen LogP contribution in [0.5, 0.6) is 11.5 Å². The van der Waals surface area contributed by atoms with Crippen LogP contribution in [-0.2, 0) is 11.2 Å². The summed E-state index contributed by atoms with van der Waals surface area (Å²) in [6, 6.07) is 5.63. The summed E-state index contributed by atoms with van der Waals surface area (Å²) in [6.07, 6.45) is 0.764. The van der Waals surface area contributed by atoms with E-state index in [9.17, 15) is 4.79 Å². The Kier molecular flexibility index (Phi) is 6.87. The zero-order valence-corrected chi connectivity index (χ0v) is 12.4. The molecule has 0 aliphatic rings. The van der Waals surface area contributed by atoms with E-state index in [-0.39, 0.29) is 12.5 Å². The Morgan fingerprint density at radius 2 is 2.10 bits per heavy atom. The van der Waals surface area contributed by atoms with Crippen LogP contribution in [0.2, 0.25) is 0 Å². The number of nitrogens with two attached hydrogens (primary N) is 1. The summed E-state index contributed by atoms with van der Waals surface area (Å²) in [5.41, 5.74) is 6.60. The molecule has 3 N–H and O–H groups in total. The molecule has 0 heterocycles. The number of nitrogens with one attached hydrogen (secondary N) is 1. The van der Waals surface area contributed by atoms with Crippen LogP contribution in [0.25, 0.3) is 0 Å². The monoisotopic (exact) mass is 280 g/mol. The minimum Gasteiger partial charge on any atom is -0.493 e. The maximum atomic E-state index is 11.6. The van der Waals surface area contributed by atoms with Gasteiger partial charge in [0.05, 0.1) is 7.11 Å². The van der Waals surface area contributed by atoms with E-state index in [1.54, 1.807) is 7.11 Å². The van der Waals surface area contributed by atoms with Crippen molar-refractivity contribution in [2.75, 3.05) is 26.8 Å². The molecule has 5 nitrogen and oxygen atoms in total. The smallest absolute Gasteiger partial charge is 0.257 e. The van der Waals surface area contributed by atoms with E-state index >= 15 is 0 Å². The topological polar surface area (TPSA) is 73.6 Å². The first-order valence-electron chi connectivity index (χ1n) is 6.83. The highest BCUT2D eigenvalue weighted by Crippen LogP contribution is 2.28. The largest absolute Gasteiger partial charge is 0.493 e. The Balaban J connectivity index is 2.60. The Labute approximate surface area is 120 Å². The summed E-state index contributed by atoms with van der Waals surface area (Å²) in [5.74, 6) is 1.46. The van der Waals surface area contributed by atoms with E-state index in [2.05, 4.69) is 5.32 Å². The summed E-state index contributed by atoms with van der Waals surface area (Å²) >= 11 is 0. The van der Waals surface area contributed by atoms with Crippen molar-refractivity contribution in [2.24, 2.45) is 11.7 Å². The molecular formula is C15H24N2O3. The van der Waals surface area contributed by atoms with Gasteiger partial charge in [-0.2, -0.15) is 0 Å². The summed E-state index contributed by atoms with van der Waals surface area (Å²) in [4.78, 5) is 11.6. The predicted molar refractivity (Wildman–Crippen MR) is 79.1 cm³/mol. The molecule has 0 spiro atoms. The number of carbonyl (C=O) groups is 1. The van der Waals surface area contributed by atoms with Crippen molar-refractivity contribution in [1.82, 2.24) is 5.32 Å². The molecule has 0 fully saturated rings. The molecule has 1 aromatic rings. The first kappa shape index (κ1) is 16.3. The molecule has 112 valence electrons. The van der Waals surface area contributed by atoms with E-state index in [0.29, 0.717) is 30.5 Å². The van der Waals surface area contributed by atoms with E-state index in [1.807, 2.05) is 32.0 Å². The summed E-state index contributed by atoms with van der Waals surface area (Å²) in [6.45, 7) is 5.28. The molecule has 0 aliphatic heterocycles. The van der Waals surface area contributed by atoms with Crippen LogP contribution in [0.1, 0.15) is 19.4 Å². The molecule has 0 aromatic heterocycles. The van der Waals surface area contributed by atoms with Gasteiger partial charge in [0, 0.05) is 6.54 Å². The highest BCUT2D eigenvalue weighted by Gasteiger charge is 2.09. The number of rotatable bonds is 8. The van der Waals surface area contributed by atoms with Crippen molar-refractivity contribution in [3.8, 4) is 11.5 Å². The lowest BCUT2D eigenvalue weighted by Gasteiger charge is -2.13. The van der Waals surface area contributed by atoms with Gasteiger partial charge in [0.2, 0.25) is 0 Å². The molecule has 0 saturated heterocycles. The molecule has 1 amide bonds. The second-order valence-electron chi connectivity index (χ2n) is 5.01. The van der Waals surface area contributed by atoms with Gasteiger partial charge in [0.1, 0.15) is 0 Å². The van der Waals surface area contributed by atoms with Crippen LogP contribution in [0.3, 0.4) is 0 Å². The number of hydrogen-bond donors (Lipinski definition) is 2. The van der Waals surface area contributed by atoms with Crippen molar-refractivity contribution < 1.29 is 14.3 Å². The van der Waals surface area contributed by atoms with Gasteiger partial charge >= 0.3 is 0 Å². The van der Waals surface area contributed by atoms with Crippen LogP contribution in [0.4, 0.5) is 0 Å². The molecule has 5 heteroatoms. The number of ether oxygens (including phenoxy) is 2. The molecule has 0 radical (unpaired) electrons. The maximum absolute atomic E-state index is 11.6. The van der Waals surface area contributed by atoms with Crippen molar-refractivity contribution in [2.45, 2.75) is 20.3 Å². The fourth-order valence-corrected chi connectivity index (χ4v) is 1.67. The predicted octanol–water partition coefficient (Wildman–Crippen LogP) is 1.35. The highest BCUT2D eigenvalue weighted by molar-refractivity contribution is 5.77. The van der Waals surface area contributed by atoms with E-state index in [4.69, 9.17) is 15.2 Å². The zero-order valence-electron chi connectivity index (χ0n) is 12.4. The molecule has 1 rings (SSSR count). The first-order valence-corrected chi connectivity index (χ1v) is 6.83. The molecule has 0 atom stereocenters. The number of hydrogen-bond acceptors (Lipinski definition) is 4. The summed E-state index contributed by atoms with van der Waals surface area (Å²) < 4.78 is 10.8. The lowest BCUT2D eigenvalue weighted by atomic mass is 10.1. The fourth-order valence-electron chi connectivity index (χ4n) is 1.67. The van der Waals surface area contributed by atoms with Gasteiger partial charge in [-0.3, -0.25) is 4.79 Å². The minimum absolute atomic E-state index is 0.0187. The summed E-state index contributed by atoms with van der Waals surface area (Å²) in [5, 5.41) is 2.80. The van der Waals surface area contributed by atoms with Crippen molar-refractivity contribution in [3.63, 3.8) is 0 Å². The van der Waals surface area contributed by atoms with Crippen LogP contribution in [0.15, 0.2) is 18.2 Å². The third-order valence-corrected chi connectivity index (χ3v) is 2.73. The quantitative estimate of drug-likeness (QED) is 0.754. The Morgan fingerprint density at radius 3 is 2.70 bits per heavy atom. The normalized spacial score (nSPS) is 10.4. The van der Waals surface area contributed by atoms with E-state index in [1.165, 1.54) is 0 Å². The van der Waals surface area contributed by atoms with Gasteiger partial charge in [-0.25, -0.2) is 0 Å². The molecular weight excluding hydrogens is 256 g/mol. The van der Waals surface area contributed by atoms with Gasteiger partial charge in [-0.1, -0.05) is 19.9 Å².